The molecule has 1 N–H and O–H groups in total. The van der Waals surface area contributed by atoms with E-state index in [1.807, 2.05) is 0 Å². The smallest absolute Gasteiger partial charge is 0.339 e. The molecule has 130 valence electrons. The summed E-state index contributed by atoms with van der Waals surface area (Å²) in [6.07, 6.45) is 2.48. The number of pyridine rings is 1. The first-order chi connectivity index (χ1) is 12.2. The summed E-state index contributed by atoms with van der Waals surface area (Å²) in [7, 11) is 0. The number of carbonyl (C=O) groups excluding carboxylic acids is 1. The van der Waals surface area contributed by atoms with Crippen molar-refractivity contribution in [2.45, 2.75) is 22.7 Å². The van der Waals surface area contributed by atoms with Gasteiger partial charge in [-0.1, -0.05) is 17.4 Å². The van der Waals surface area contributed by atoms with Crippen LogP contribution >= 0.6 is 34.4 Å². The van der Waals surface area contributed by atoms with E-state index >= 15 is 0 Å². The number of aromatic nitrogens is 3. The second-order valence-corrected chi connectivity index (χ2v) is 8.11. The number of nitrogens with zero attached hydrogens (tertiary/aromatic N) is 3. The van der Waals surface area contributed by atoms with Crippen LogP contribution in [0.25, 0.3) is 0 Å². The zero-order chi connectivity index (χ0) is 17.5. The third-order valence-electron chi connectivity index (χ3n) is 3.07. The molecule has 0 aliphatic carbocycles. The molecule has 9 heteroatoms. The van der Waals surface area contributed by atoms with E-state index in [2.05, 4.69) is 38.0 Å². The van der Waals surface area contributed by atoms with Gasteiger partial charge in [-0.15, -0.1) is 21.5 Å². The molecule has 0 saturated heterocycles. The van der Waals surface area contributed by atoms with Gasteiger partial charge in [-0.2, -0.15) is 0 Å². The summed E-state index contributed by atoms with van der Waals surface area (Å²) in [5, 5.41) is 15.2. The molecule has 0 aromatic carbocycles. The van der Waals surface area contributed by atoms with Crippen LogP contribution in [0.5, 0.6) is 0 Å². The van der Waals surface area contributed by atoms with Crippen molar-refractivity contribution >= 4 is 45.5 Å². The van der Waals surface area contributed by atoms with Gasteiger partial charge in [0.2, 0.25) is 5.13 Å². The Morgan fingerprint density at radius 3 is 2.96 bits per heavy atom. The number of rotatable bonds is 8. The summed E-state index contributed by atoms with van der Waals surface area (Å²) in [5.74, 6) is -0.361. The van der Waals surface area contributed by atoms with Crippen LogP contribution in [0.4, 0.5) is 5.13 Å². The summed E-state index contributed by atoms with van der Waals surface area (Å²) < 4.78 is 5.74. The lowest BCUT2D eigenvalue weighted by Crippen LogP contribution is -2.04. The van der Waals surface area contributed by atoms with Gasteiger partial charge in [-0.25, -0.2) is 9.78 Å². The van der Waals surface area contributed by atoms with Gasteiger partial charge < -0.3 is 10.1 Å². The Kier molecular flexibility index (Phi) is 6.37. The van der Waals surface area contributed by atoms with Crippen LogP contribution in [-0.4, -0.2) is 34.3 Å². The Hall–Kier alpha value is -1.97. The van der Waals surface area contributed by atoms with Crippen LogP contribution < -0.4 is 5.32 Å². The van der Waals surface area contributed by atoms with Gasteiger partial charge >= 0.3 is 5.97 Å². The fourth-order valence-electron chi connectivity index (χ4n) is 1.94. The van der Waals surface area contributed by atoms with E-state index in [0.717, 1.165) is 27.5 Å². The van der Waals surface area contributed by atoms with Gasteiger partial charge in [0, 0.05) is 17.6 Å². The number of thiophene rings is 1. The van der Waals surface area contributed by atoms with E-state index in [1.54, 1.807) is 30.4 Å². The number of esters is 1. The van der Waals surface area contributed by atoms with Crippen molar-refractivity contribution in [2.75, 3.05) is 18.5 Å². The van der Waals surface area contributed by atoms with Crippen molar-refractivity contribution in [1.82, 2.24) is 15.2 Å². The molecule has 6 nitrogen and oxygen atoms in total. The summed E-state index contributed by atoms with van der Waals surface area (Å²) >= 11 is 4.66. The average Bonchev–Trinajstić information content (AvgIpc) is 3.28. The molecule has 0 atom stereocenters. The van der Waals surface area contributed by atoms with Crippen LogP contribution in [0.2, 0.25) is 0 Å². The molecule has 0 saturated carbocycles. The van der Waals surface area contributed by atoms with E-state index in [1.165, 1.54) is 34.2 Å². The first-order valence-corrected chi connectivity index (χ1v) is 10.2. The minimum Gasteiger partial charge on any atom is -0.462 e. The van der Waals surface area contributed by atoms with Crippen LogP contribution in [0, 0.1) is 0 Å². The molecule has 3 aromatic heterocycles. The SMILES string of the molecule is CCOC(=O)c1ccc(Sc2nnc(NCCc3cccs3)s2)nc1. The average molecular weight is 393 g/mol. The molecule has 25 heavy (non-hydrogen) atoms. The highest BCUT2D eigenvalue weighted by atomic mass is 32.2. The Balaban J connectivity index is 1.51. The number of hydrogen-bond donors (Lipinski definition) is 1. The van der Waals surface area contributed by atoms with Crippen LogP contribution in [0.3, 0.4) is 0 Å². The van der Waals surface area contributed by atoms with Gasteiger partial charge in [-0.3, -0.25) is 0 Å². The molecular weight excluding hydrogens is 376 g/mol. The third-order valence-corrected chi connectivity index (χ3v) is 5.89. The Bertz CT molecular complexity index is 803. The van der Waals surface area contributed by atoms with Crippen molar-refractivity contribution in [1.29, 1.82) is 0 Å². The monoisotopic (exact) mass is 392 g/mol. The Labute approximate surface area is 157 Å². The Morgan fingerprint density at radius 2 is 2.24 bits per heavy atom. The maximum absolute atomic E-state index is 11.6. The lowest BCUT2D eigenvalue weighted by Gasteiger charge is -2.01. The molecular formula is C16H16N4O2S3. The molecule has 3 aromatic rings. The first kappa shape index (κ1) is 17.8. The van der Waals surface area contributed by atoms with Crippen LogP contribution in [-0.2, 0) is 11.2 Å². The molecule has 3 heterocycles. The van der Waals surface area contributed by atoms with E-state index < -0.39 is 0 Å². The molecule has 0 bridgehead atoms. The number of anilines is 1. The first-order valence-electron chi connectivity index (χ1n) is 7.65. The molecule has 0 aliphatic rings. The van der Waals surface area contributed by atoms with Crippen molar-refractivity contribution in [2.24, 2.45) is 0 Å². The number of ether oxygens (including phenoxy) is 1. The molecule has 0 unspecified atom stereocenters. The highest BCUT2D eigenvalue weighted by Crippen LogP contribution is 2.30. The van der Waals surface area contributed by atoms with Crippen molar-refractivity contribution in [3.05, 3.63) is 46.3 Å². The molecule has 0 aliphatic heterocycles. The normalized spacial score (nSPS) is 10.6. The summed E-state index contributed by atoms with van der Waals surface area (Å²) in [6.45, 7) is 2.95. The van der Waals surface area contributed by atoms with E-state index in [0.29, 0.717) is 12.2 Å². The van der Waals surface area contributed by atoms with Gasteiger partial charge in [0.05, 0.1) is 12.2 Å². The van der Waals surface area contributed by atoms with Gasteiger partial charge in [0.15, 0.2) is 4.34 Å². The predicted octanol–water partition coefficient (Wildman–Crippen LogP) is 3.98. The summed E-state index contributed by atoms with van der Waals surface area (Å²) in [5.41, 5.74) is 0.444. The predicted molar refractivity (Wildman–Crippen MR) is 101 cm³/mol. The number of nitrogens with one attached hydrogen (secondary N) is 1. The number of carbonyl (C=O) groups is 1. The minimum atomic E-state index is -0.361. The van der Waals surface area contributed by atoms with Gasteiger partial charge in [0.25, 0.3) is 0 Å². The summed E-state index contributed by atoms with van der Waals surface area (Å²) in [6, 6.07) is 7.66. The van der Waals surface area contributed by atoms with E-state index in [-0.39, 0.29) is 5.97 Å². The zero-order valence-electron chi connectivity index (χ0n) is 13.5. The largest absolute Gasteiger partial charge is 0.462 e. The molecule has 0 spiro atoms. The van der Waals surface area contributed by atoms with Gasteiger partial charge in [-0.05, 0) is 48.7 Å². The molecule has 0 fully saturated rings. The molecule has 0 amide bonds. The minimum absolute atomic E-state index is 0.350. The Morgan fingerprint density at radius 1 is 1.32 bits per heavy atom. The molecule has 0 radical (unpaired) electrons. The van der Waals surface area contributed by atoms with E-state index in [4.69, 9.17) is 4.74 Å². The molecule has 3 rings (SSSR count). The standard InChI is InChI=1S/C16H16N4O2S3/c1-2-22-14(21)11-5-6-13(18-10-11)24-16-20-19-15(25-16)17-8-7-12-4-3-9-23-12/h3-6,9-10H,2,7-8H2,1H3,(H,17,19). The van der Waals surface area contributed by atoms with Crippen molar-refractivity contribution in [3.63, 3.8) is 0 Å². The summed E-state index contributed by atoms with van der Waals surface area (Å²) in [4.78, 5) is 17.2. The van der Waals surface area contributed by atoms with Crippen LogP contribution in [0.15, 0.2) is 45.2 Å². The van der Waals surface area contributed by atoms with Crippen LogP contribution in [0.1, 0.15) is 22.2 Å². The fourth-order valence-corrected chi connectivity index (χ4v) is 4.31. The highest BCUT2D eigenvalue weighted by molar-refractivity contribution is 8.01. The second-order valence-electron chi connectivity index (χ2n) is 4.84. The third kappa shape index (κ3) is 5.25. The van der Waals surface area contributed by atoms with Crippen molar-refractivity contribution in [3.8, 4) is 0 Å². The maximum Gasteiger partial charge on any atom is 0.339 e. The fraction of sp³-hybridized carbons (Fsp3) is 0.250. The lowest BCUT2D eigenvalue weighted by molar-refractivity contribution is 0.0525. The zero-order valence-corrected chi connectivity index (χ0v) is 15.9. The van der Waals surface area contributed by atoms with E-state index in [9.17, 15) is 4.79 Å². The topological polar surface area (TPSA) is 77.0 Å². The number of hydrogen-bond acceptors (Lipinski definition) is 9. The lowest BCUT2D eigenvalue weighted by atomic mass is 10.3. The second kappa shape index (κ2) is 8.93. The highest BCUT2D eigenvalue weighted by Gasteiger charge is 2.10. The maximum atomic E-state index is 11.6. The van der Waals surface area contributed by atoms with Gasteiger partial charge in [0.1, 0.15) is 5.03 Å². The van der Waals surface area contributed by atoms with Crippen molar-refractivity contribution < 1.29 is 9.53 Å². The quantitative estimate of drug-likeness (QED) is 0.581.